The van der Waals surface area contributed by atoms with E-state index in [0.717, 1.165) is 39.1 Å². The minimum Gasteiger partial charge on any atom is -0.338 e. The van der Waals surface area contributed by atoms with E-state index in [9.17, 15) is 4.79 Å². The molecule has 4 aliphatic rings. The van der Waals surface area contributed by atoms with Crippen molar-refractivity contribution in [3.8, 4) is 0 Å². The lowest BCUT2D eigenvalue weighted by atomic mass is 9.95. The monoisotopic (exact) mass is 337 g/mol. The van der Waals surface area contributed by atoms with Gasteiger partial charge in [-0.2, -0.15) is 0 Å². The van der Waals surface area contributed by atoms with E-state index in [1.165, 1.54) is 24.8 Å². The van der Waals surface area contributed by atoms with E-state index in [4.69, 9.17) is 0 Å². The summed E-state index contributed by atoms with van der Waals surface area (Å²) in [5.41, 5.74) is 3.45. The van der Waals surface area contributed by atoms with E-state index in [1.54, 1.807) is 5.56 Å². The van der Waals surface area contributed by atoms with Gasteiger partial charge in [-0.25, -0.2) is 4.79 Å². The van der Waals surface area contributed by atoms with Crippen molar-refractivity contribution < 1.29 is 4.79 Å². The van der Waals surface area contributed by atoms with Gasteiger partial charge in [0.1, 0.15) is 0 Å². The van der Waals surface area contributed by atoms with Crippen LogP contribution < -0.4 is 5.32 Å². The Morgan fingerprint density at radius 3 is 2.96 bits per heavy atom. The van der Waals surface area contributed by atoms with Crippen molar-refractivity contribution in [2.45, 2.75) is 37.1 Å². The molecule has 4 heteroatoms. The van der Waals surface area contributed by atoms with Crippen LogP contribution in [0.1, 0.15) is 30.4 Å². The lowest BCUT2D eigenvalue weighted by Gasteiger charge is -2.24. The largest absolute Gasteiger partial charge is 0.338 e. The smallest absolute Gasteiger partial charge is 0.317 e. The number of hydrogen-bond donors (Lipinski definition) is 1. The number of fused-ring (bicyclic) bond motifs is 2. The molecule has 132 valence electrons. The van der Waals surface area contributed by atoms with Gasteiger partial charge >= 0.3 is 6.03 Å². The molecule has 1 aromatic rings. The minimum atomic E-state index is 0.142. The third-order valence-electron chi connectivity index (χ3n) is 6.94. The zero-order chi connectivity index (χ0) is 16.9. The van der Waals surface area contributed by atoms with Gasteiger partial charge in [0.15, 0.2) is 0 Å². The zero-order valence-corrected chi connectivity index (χ0v) is 14.8. The predicted molar refractivity (Wildman–Crippen MR) is 98.6 cm³/mol. The van der Waals surface area contributed by atoms with Gasteiger partial charge in [0, 0.05) is 44.2 Å². The molecule has 0 aromatic heterocycles. The van der Waals surface area contributed by atoms with Crippen LogP contribution in [0, 0.1) is 5.92 Å². The second-order valence-electron chi connectivity index (χ2n) is 8.21. The van der Waals surface area contributed by atoms with E-state index in [1.807, 2.05) is 4.90 Å². The molecule has 2 heterocycles. The molecule has 25 heavy (non-hydrogen) atoms. The standard InChI is InChI=1S/C21H27N3O/c25-20(24-12-8-18(15-24)23-10-3-4-11-23)22-14-17-13-21(17)9-7-16-5-1-2-6-19(16)21/h1-6,17-18H,7-15H2,(H,22,25)/t17-,18+,21+/m0/s1. The first-order valence-corrected chi connectivity index (χ1v) is 9.76. The fourth-order valence-corrected chi connectivity index (χ4v) is 5.34. The highest BCUT2D eigenvalue weighted by Crippen LogP contribution is 2.61. The summed E-state index contributed by atoms with van der Waals surface area (Å²) in [5, 5.41) is 3.23. The van der Waals surface area contributed by atoms with Gasteiger partial charge in [-0.05, 0) is 42.7 Å². The lowest BCUT2D eigenvalue weighted by molar-refractivity contribution is 0.199. The molecule has 2 aliphatic carbocycles. The summed E-state index contributed by atoms with van der Waals surface area (Å²) in [5.74, 6) is 0.626. The minimum absolute atomic E-state index is 0.142. The van der Waals surface area contributed by atoms with Gasteiger partial charge in [-0.3, -0.25) is 4.90 Å². The summed E-state index contributed by atoms with van der Waals surface area (Å²) in [6.45, 7) is 4.70. The summed E-state index contributed by atoms with van der Waals surface area (Å²) in [6, 6.07) is 9.57. The van der Waals surface area contributed by atoms with Crippen molar-refractivity contribution in [1.82, 2.24) is 15.1 Å². The average molecular weight is 337 g/mol. The van der Waals surface area contributed by atoms with Crippen LogP contribution in [0.25, 0.3) is 0 Å². The molecule has 2 fully saturated rings. The van der Waals surface area contributed by atoms with Gasteiger partial charge in [-0.15, -0.1) is 0 Å². The Hall–Kier alpha value is -1.81. The van der Waals surface area contributed by atoms with E-state index < -0.39 is 0 Å². The van der Waals surface area contributed by atoms with Crippen LogP contribution in [-0.2, 0) is 11.8 Å². The van der Waals surface area contributed by atoms with Gasteiger partial charge in [-0.1, -0.05) is 36.4 Å². The molecule has 0 unspecified atom stereocenters. The second kappa shape index (κ2) is 5.87. The van der Waals surface area contributed by atoms with Gasteiger partial charge in [0.25, 0.3) is 0 Å². The molecule has 1 spiro atoms. The first kappa shape index (κ1) is 15.4. The topological polar surface area (TPSA) is 35.6 Å². The molecule has 4 nitrogen and oxygen atoms in total. The third kappa shape index (κ3) is 2.58. The number of rotatable bonds is 3. The molecule has 2 amide bonds. The fourth-order valence-electron chi connectivity index (χ4n) is 5.34. The summed E-state index contributed by atoms with van der Waals surface area (Å²) in [6.07, 6.45) is 9.28. The fraction of sp³-hybridized carbons (Fsp3) is 0.571. The Kier molecular flexibility index (Phi) is 3.63. The SMILES string of the molecule is O=C(NC[C@@H]1C[C@]12CCc1ccccc12)N1CC[C@@H](N2CC=CC2)C1. The number of nitrogens with zero attached hydrogens (tertiary/aromatic N) is 2. The first-order chi connectivity index (χ1) is 12.3. The van der Waals surface area contributed by atoms with Crippen LogP contribution in [0.3, 0.4) is 0 Å². The molecule has 5 rings (SSSR count). The summed E-state index contributed by atoms with van der Waals surface area (Å²) in [4.78, 5) is 17.1. The molecule has 2 aliphatic heterocycles. The zero-order valence-electron chi connectivity index (χ0n) is 14.8. The highest BCUT2D eigenvalue weighted by molar-refractivity contribution is 5.74. The van der Waals surface area contributed by atoms with Crippen LogP contribution in [0.5, 0.6) is 0 Å². The van der Waals surface area contributed by atoms with Crippen LogP contribution in [0.2, 0.25) is 0 Å². The molecule has 1 saturated heterocycles. The molecule has 1 saturated carbocycles. The predicted octanol–water partition coefficient (Wildman–Crippen LogP) is 2.55. The van der Waals surface area contributed by atoms with Crippen LogP contribution in [0.15, 0.2) is 36.4 Å². The Bertz CT molecular complexity index is 707. The number of urea groups is 1. The number of aryl methyl sites for hydroxylation is 1. The number of amides is 2. The molecular weight excluding hydrogens is 310 g/mol. The van der Waals surface area contributed by atoms with Crippen molar-refractivity contribution in [3.05, 3.63) is 47.5 Å². The van der Waals surface area contributed by atoms with Crippen LogP contribution >= 0.6 is 0 Å². The Morgan fingerprint density at radius 1 is 1.24 bits per heavy atom. The highest BCUT2D eigenvalue weighted by atomic mass is 16.2. The molecular formula is C21H27N3O. The number of benzene rings is 1. The summed E-state index contributed by atoms with van der Waals surface area (Å²) in [7, 11) is 0. The molecule has 0 radical (unpaired) electrons. The van der Waals surface area contributed by atoms with Crippen LogP contribution in [0.4, 0.5) is 4.79 Å². The summed E-state index contributed by atoms with van der Waals surface area (Å²) < 4.78 is 0. The number of likely N-dealkylation sites (tertiary alicyclic amines) is 1. The maximum absolute atomic E-state index is 12.6. The quantitative estimate of drug-likeness (QED) is 0.861. The normalized spacial score (nSPS) is 33.2. The second-order valence-corrected chi connectivity index (χ2v) is 8.21. The molecule has 3 atom stereocenters. The van der Waals surface area contributed by atoms with Crippen molar-refractivity contribution in [1.29, 1.82) is 0 Å². The molecule has 0 bridgehead atoms. The maximum atomic E-state index is 12.6. The van der Waals surface area contributed by atoms with Crippen molar-refractivity contribution in [2.75, 3.05) is 32.7 Å². The highest BCUT2D eigenvalue weighted by Gasteiger charge is 2.57. The number of carbonyl (C=O) groups is 1. The first-order valence-electron chi connectivity index (χ1n) is 9.76. The van der Waals surface area contributed by atoms with E-state index in [-0.39, 0.29) is 6.03 Å². The van der Waals surface area contributed by atoms with Gasteiger partial charge in [0.2, 0.25) is 0 Å². The third-order valence-corrected chi connectivity index (χ3v) is 6.94. The summed E-state index contributed by atoms with van der Waals surface area (Å²) >= 11 is 0. The Labute approximate surface area is 149 Å². The Morgan fingerprint density at radius 2 is 2.08 bits per heavy atom. The molecule has 1 aromatic carbocycles. The van der Waals surface area contributed by atoms with Crippen LogP contribution in [-0.4, -0.2) is 54.6 Å². The van der Waals surface area contributed by atoms with E-state index in [0.29, 0.717) is 17.4 Å². The lowest BCUT2D eigenvalue weighted by Crippen LogP contribution is -2.42. The van der Waals surface area contributed by atoms with Gasteiger partial charge in [0.05, 0.1) is 0 Å². The Balaban J connectivity index is 1.14. The van der Waals surface area contributed by atoms with Crippen molar-refractivity contribution in [3.63, 3.8) is 0 Å². The van der Waals surface area contributed by atoms with Crippen molar-refractivity contribution >= 4 is 6.03 Å². The maximum Gasteiger partial charge on any atom is 0.317 e. The molecule has 1 N–H and O–H groups in total. The number of hydrogen-bond acceptors (Lipinski definition) is 2. The number of carbonyl (C=O) groups excluding carboxylic acids is 1. The van der Waals surface area contributed by atoms with Gasteiger partial charge < -0.3 is 10.2 Å². The number of nitrogens with one attached hydrogen (secondary N) is 1. The van der Waals surface area contributed by atoms with E-state index in [2.05, 4.69) is 46.6 Å². The van der Waals surface area contributed by atoms with Crippen molar-refractivity contribution in [2.24, 2.45) is 5.92 Å². The average Bonchev–Trinajstić information content (AvgIpc) is 3.08. The van der Waals surface area contributed by atoms with E-state index >= 15 is 0 Å².